The van der Waals surface area contributed by atoms with Crippen LogP contribution in [0.3, 0.4) is 0 Å². The summed E-state index contributed by atoms with van der Waals surface area (Å²) >= 11 is 0. The van der Waals surface area contributed by atoms with Crippen molar-refractivity contribution in [2.45, 2.75) is 25.4 Å². The molecule has 0 aliphatic carbocycles. The van der Waals surface area contributed by atoms with Crippen molar-refractivity contribution in [2.24, 2.45) is 0 Å². The molecule has 1 aliphatic heterocycles. The fraction of sp³-hybridized carbons (Fsp3) is 0.333. The minimum absolute atomic E-state index is 0.00479. The Morgan fingerprint density at radius 2 is 1.73 bits per heavy atom. The number of benzene rings is 2. The molecule has 0 saturated carbocycles. The van der Waals surface area contributed by atoms with Gasteiger partial charge in [-0.3, -0.25) is 9.69 Å². The van der Waals surface area contributed by atoms with Crippen LogP contribution >= 0.6 is 0 Å². The number of esters is 1. The highest BCUT2D eigenvalue weighted by Gasteiger charge is 2.21. The maximum Gasteiger partial charge on any atom is 0.337 e. The summed E-state index contributed by atoms with van der Waals surface area (Å²) in [5, 5.41) is 3.12. The molecule has 0 aromatic heterocycles. The molecule has 136 valence electrons. The van der Waals surface area contributed by atoms with Crippen LogP contribution < -0.4 is 5.32 Å². The standard InChI is InChI=1S/C21H24N2O3/c1-26-21(25)18-9-5-6-16(14-18)15-23-12-10-19(11-13-23)22-20(24)17-7-3-2-4-8-17/h2-9,14,19H,10-13,15H2,1H3,(H,22,24). The summed E-state index contributed by atoms with van der Waals surface area (Å²) < 4.78 is 4.78. The molecule has 1 saturated heterocycles. The highest BCUT2D eigenvalue weighted by atomic mass is 16.5. The van der Waals surface area contributed by atoms with Gasteiger partial charge in [-0.1, -0.05) is 30.3 Å². The van der Waals surface area contributed by atoms with Gasteiger partial charge in [0.2, 0.25) is 0 Å². The first-order valence-electron chi connectivity index (χ1n) is 8.91. The average Bonchev–Trinajstić information content (AvgIpc) is 2.69. The third kappa shape index (κ3) is 4.70. The van der Waals surface area contributed by atoms with Crippen LogP contribution in [0.15, 0.2) is 54.6 Å². The van der Waals surface area contributed by atoms with E-state index in [4.69, 9.17) is 4.74 Å². The number of nitrogens with one attached hydrogen (secondary N) is 1. The van der Waals surface area contributed by atoms with Crippen LogP contribution in [0.2, 0.25) is 0 Å². The van der Waals surface area contributed by atoms with Gasteiger partial charge in [-0.2, -0.15) is 0 Å². The predicted octanol–water partition coefficient (Wildman–Crippen LogP) is 2.87. The number of ether oxygens (including phenoxy) is 1. The average molecular weight is 352 g/mol. The van der Waals surface area contributed by atoms with Crippen LogP contribution in [-0.2, 0) is 11.3 Å². The second-order valence-corrected chi connectivity index (χ2v) is 6.58. The lowest BCUT2D eigenvalue weighted by Gasteiger charge is -2.32. The van der Waals surface area contributed by atoms with Crippen LogP contribution in [0.1, 0.15) is 39.1 Å². The molecular formula is C21H24N2O3. The molecule has 0 unspecified atom stereocenters. The van der Waals surface area contributed by atoms with Crippen molar-refractivity contribution in [3.63, 3.8) is 0 Å². The lowest BCUT2D eigenvalue weighted by molar-refractivity contribution is 0.0600. The molecule has 0 bridgehead atoms. The highest BCUT2D eigenvalue weighted by Crippen LogP contribution is 2.16. The molecule has 0 spiro atoms. The van der Waals surface area contributed by atoms with Crippen molar-refractivity contribution >= 4 is 11.9 Å². The van der Waals surface area contributed by atoms with Crippen molar-refractivity contribution in [1.29, 1.82) is 0 Å². The molecule has 2 aromatic carbocycles. The fourth-order valence-corrected chi connectivity index (χ4v) is 3.27. The zero-order valence-corrected chi connectivity index (χ0v) is 15.0. The van der Waals surface area contributed by atoms with Gasteiger partial charge in [0.05, 0.1) is 12.7 Å². The molecule has 26 heavy (non-hydrogen) atoms. The van der Waals surface area contributed by atoms with E-state index >= 15 is 0 Å². The molecule has 3 rings (SSSR count). The Morgan fingerprint density at radius 3 is 2.42 bits per heavy atom. The van der Waals surface area contributed by atoms with Gasteiger partial charge in [0, 0.05) is 31.2 Å². The molecule has 5 nitrogen and oxygen atoms in total. The summed E-state index contributed by atoms with van der Waals surface area (Å²) in [4.78, 5) is 26.2. The van der Waals surface area contributed by atoms with Gasteiger partial charge in [-0.25, -0.2) is 4.79 Å². The topological polar surface area (TPSA) is 58.6 Å². The number of hydrogen-bond acceptors (Lipinski definition) is 4. The van der Waals surface area contributed by atoms with E-state index in [1.165, 1.54) is 7.11 Å². The van der Waals surface area contributed by atoms with Crippen LogP contribution in [-0.4, -0.2) is 43.0 Å². The summed E-state index contributed by atoms with van der Waals surface area (Å²) in [6, 6.07) is 17.1. The van der Waals surface area contributed by atoms with E-state index < -0.39 is 0 Å². The summed E-state index contributed by atoms with van der Waals surface area (Å²) in [5.41, 5.74) is 2.38. The number of rotatable bonds is 5. The van der Waals surface area contributed by atoms with Crippen molar-refractivity contribution in [1.82, 2.24) is 10.2 Å². The summed E-state index contributed by atoms with van der Waals surface area (Å²) in [6.07, 6.45) is 1.85. The number of piperidine rings is 1. The smallest absolute Gasteiger partial charge is 0.337 e. The molecule has 0 atom stereocenters. The van der Waals surface area contributed by atoms with Crippen LogP contribution in [0.4, 0.5) is 0 Å². The quantitative estimate of drug-likeness (QED) is 0.841. The monoisotopic (exact) mass is 352 g/mol. The minimum atomic E-state index is -0.311. The van der Waals surface area contributed by atoms with E-state index in [2.05, 4.69) is 10.2 Å². The number of nitrogens with zero attached hydrogens (tertiary/aromatic N) is 1. The van der Waals surface area contributed by atoms with Crippen LogP contribution in [0.25, 0.3) is 0 Å². The van der Waals surface area contributed by atoms with Gasteiger partial charge >= 0.3 is 5.97 Å². The summed E-state index contributed by atoms with van der Waals surface area (Å²) in [7, 11) is 1.39. The zero-order valence-electron chi connectivity index (χ0n) is 15.0. The second-order valence-electron chi connectivity index (χ2n) is 6.58. The first-order valence-corrected chi connectivity index (χ1v) is 8.91. The normalized spacial score (nSPS) is 15.4. The van der Waals surface area contributed by atoms with E-state index in [9.17, 15) is 9.59 Å². The molecule has 1 N–H and O–H groups in total. The number of amides is 1. The molecule has 5 heteroatoms. The Morgan fingerprint density at radius 1 is 1.04 bits per heavy atom. The van der Waals surface area contributed by atoms with Crippen molar-refractivity contribution < 1.29 is 14.3 Å². The fourth-order valence-electron chi connectivity index (χ4n) is 3.27. The molecule has 1 heterocycles. The predicted molar refractivity (Wildman–Crippen MR) is 100.0 cm³/mol. The number of likely N-dealkylation sites (tertiary alicyclic amines) is 1. The van der Waals surface area contributed by atoms with Gasteiger partial charge < -0.3 is 10.1 Å². The zero-order chi connectivity index (χ0) is 18.4. The van der Waals surface area contributed by atoms with Crippen molar-refractivity contribution in [3.8, 4) is 0 Å². The Bertz CT molecular complexity index is 753. The minimum Gasteiger partial charge on any atom is -0.465 e. The van der Waals surface area contributed by atoms with E-state index in [0.29, 0.717) is 11.1 Å². The molecule has 1 fully saturated rings. The summed E-state index contributed by atoms with van der Waals surface area (Å²) in [6.45, 7) is 2.63. The molecular weight excluding hydrogens is 328 g/mol. The van der Waals surface area contributed by atoms with Gasteiger partial charge in [-0.05, 0) is 42.7 Å². The molecule has 1 amide bonds. The van der Waals surface area contributed by atoms with Gasteiger partial charge in [0.15, 0.2) is 0 Å². The van der Waals surface area contributed by atoms with Gasteiger partial charge in [-0.15, -0.1) is 0 Å². The Labute approximate surface area is 154 Å². The van der Waals surface area contributed by atoms with E-state index in [1.54, 1.807) is 6.07 Å². The molecule has 1 aliphatic rings. The van der Waals surface area contributed by atoms with Crippen LogP contribution in [0, 0.1) is 0 Å². The van der Waals surface area contributed by atoms with Gasteiger partial charge in [0.1, 0.15) is 0 Å². The largest absolute Gasteiger partial charge is 0.465 e. The van der Waals surface area contributed by atoms with E-state index in [-0.39, 0.29) is 17.9 Å². The lowest BCUT2D eigenvalue weighted by atomic mass is 10.0. The van der Waals surface area contributed by atoms with Gasteiger partial charge in [0.25, 0.3) is 5.91 Å². The number of hydrogen-bond donors (Lipinski definition) is 1. The first-order chi connectivity index (χ1) is 12.7. The molecule has 0 radical (unpaired) electrons. The maximum absolute atomic E-state index is 12.2. The second kappa shape index (κ2) is 8.63. The third-order valence-corrected chi connectivity index (χ3v) is 4.71. The number of carbonyl (C=O) groups is 2. The maximum atomic E-state index is 12.2. The van der Waals surface area contributed by atoms with E-state index in [1.807, 2.05) is 48.5 Å². The third-order valence-electron chi connectivity index (χ3n) is 4.71. The first kappa shape index (κ1) is 18.1. The van der Waals surface area contributed by atoms with E-state index in [0.717, 1.165) is 38.0 Å². The Kier molecular flexibility index (Phi) is 6.02. The number of carbonyl (C=O) groups excluding carboxylic acids is 2. The Balaban J connectivity index is 1.50. The highest BCUT2D eigenvalue weighted by molar-refractivity contribution is 5.94. The Hall–Kier alpha value is -2.66. The lowest BCUT2D eigenvalue weighted by Crippen LogP contribution is -2.44. The molecule has 2 aromatic rings. The van der Waals surface area contributed by atoms with Crippen molar-refractivity contribution in [3.05, 3.63) is 71.3 Å². The number of methoxy groups -OCH3 is 1. The summed E-state index contributed by atoms with van der Waals surface area (Å²) in [5.74, 6) is -0.316. The SMILES string of the molecule is COC(=O)c1cccc(CN2CCC(NC(=O)c3ccccc3)CC2)c1. The van der Waals surface area contributed by atoms with Crippen LogP contribution in [0.5, 0.6) is 0 Å². The van der Waals surface area contributed by atoms with Crippen molar-refractivity contribution in [2.75, 3.05) is 20.2 Å².